The molecule has 0 aromatic rings. The average molecular weight is 253 g/mol. The first-order chi connectivity index (χ1) is 7.02. The minimum Gasteiger partial charge on any atom is -0.315 e. The smallest absolute Gasteiger partial charge is 0.151 e. The highest BCUT2D eigenvalue weighted by Gasteiger charge is 2.08. The predicted molar refractivity (Wildman–Crippen MR) is 69.4 cm³/mol. The second kappa shape index (κ2) is 8.42. The van der Waals surface area contributed by atoms with Crippen molar-refractivity contribution in [3.8, 4) is 0 Å². The molecule has 0 aliphatic rings. The Balaban J connectivity index is 3.54. The third kappa shape index (κ3) is 9.20. The predicted octanol–water partition coefficient (Wildman–Crippen LogP) is 1.40. The van der Waals surface area contributed by atoms with E-state index < -0.39 is 9.84 Å². The van der Waals surface area contributed by atoms with Crippen molar-refractivity contribution in [3.05, 3.63) is 0 Å². The van der Waals surface area contributed by atoms with Crippen LogP contribution in [-0.2, 0) is 9.84 Å². The third-order valence-corrected chi connectivity index (χ3v) is 4.81. The van der Waals surface area contributed by atoms with E-state index in [-0.39, 0.29) is 5.75 Å². The van der Waals surface area contributed by atoms with Gasteiger partial charge in [-0.15, -0.1) is 0 Å². The lowest BCUT2D eigenvalue weighted by Crippen LogP contribution is -2.28. The Morgan fingerprint density at radius 3 is 2.53 bits per heavy atom. The fraction of sp³-hybridized carbons (Fsp3) is 1.00. The minimum atomic E-state index is -2.81. The van der Waals surface area contributed by atoms with Crippen molar-refractivity contribution in [3.63, 3.8) is 0 Å². The second-order valence-electron chi connectivity index (χ2n) is 3.92. The van der Waals surface area contributed by atoms with Crippen LogP contribution in [0.2, 0.25) is 0 Å². The molecule has 5 heteroatoms. The molecular formula is C10H23NO2S2. The first-order valence-electron chi connectivity index (χ1n) is 5.42. The van der Waals surface area contributed by atoms with Gasteiger partial charge >= 0.3 is 0 Å². The number of hydrogen-bond acceptors (Lipinski definition) is 4. The average Bonchev–Trinajstić information content (AvgIpc) is 2.13. The number of hydrogen-bond donors (Lipinski definition) is 1. The molecule has 3 nitrogen and oxygen atoms in total. The molecule has 0 amide bonds. The molecule has 0 heterocycles. The van der Waals surface area contributed by atoms with Crippen molar-refractivity contribution < 1.29 is 8.42 Å². The van der Waals surface area contributed by atoms with Crippen LogP contribution in [0.25, 0.3) is 0 Å². The maximum Gasteiger partial charge on any atom is 0.151 e. The van der Waals surface area contributed by atoms with Gasteiger partial charge in [0.05, 0.1) is 5.75 Å². The van der Waals surface area contributed by atoms with Crippen LogP contribution in [0, 0.1) is 5.92 Å². The highest BCUT2D eigenvalue weighted by Crippen LogP contribution is 2.02. The summed E-state index contributed by atoms with van der Waals surface area (Å²) < 4.78 is 22.7. The monoisotopic (exact) mass is 253 g/mol. The van der Waals surface area contributed by atoms with Gasteiger partial charge in [0.15, 0.2) is 9.84 Å². The molecule has 0 radical (unpaired) electrons. The second-order valence-corrected chi connectivity index (χ2v) is 7.13. The summed E-state index contributed by atoms with van der Waals surface area (Å²) in [5.74, 6) is 2.31. The lowest BCUT2D eigenvalue weighted by atomic mass is 10.2. The molecule has 92 valence electrons. The summed E-state index contributed by atoms with van der Waals surface area (Å²) in [4.78, 5) is 0. The van der Waals surface area contributed by atoms with Gasteiger partial charge in [-0.05, 0) is 30.9 Å². The van der Waals surface area contributed by atoms with E-state index in [2.05, 4.69) is 18.5 Å². The van der Waals surface area contributed by atoms with Crippen LogP contribution in [0.3, 0.4) is 0 Å². The molecule has 0 bridgehead atoms. The van der Waals surface area contributed by atoms with Crippen molar-refractivity contribution in [2.75, 3.05) is 36.6 Å². The molecular weight excluding hydrogens is 230 g/mol. The molecule has 0 aromatic carbocycles. The molecule has 1 N–H and O–H groups in total. The van der Waals surface area contributed by atoms with Gasteiger partial charge in [0.1, 0.15) is 0 Å². The first kappa shape index (κ1) is 15.3. The van der Waals surface area contributed by atoms with Crippen molar-refractivity contribution >= 4 is 21.6 Å². The first-order valence-corrected chi connectivity index (χ1v) is 8.63. The molecule has 0 saturated heterocycles. The third-order valence-electron chi connectivity index (χ3n) is 2.05. The van der Waals surface area contributed by atoms with E-state index in [1.165, 1.54) is 0 Å². The molecule has 0 saturated carbocycles. The van der Waals surface area contributed by atoms with Gasteiger partial charge in [-0.2, -0.15) is 11.8 Å². The summed E-state index contributed by atoms with van der Waals surface area (Å²) in [6.45, 7) is 5.55. The maximum absolute atomic E-state index is 11.4. The van der Waals surface area contributed by atoms with E-state index in [1.54, 1.807) is 0 Å². The summed E-state index contributed by atoms with van der Waals surface area (Å²) in [5, 5.41) is 3.19. The van der Waals surface area contributed by atoms with E-state index >= 15 is 0 Å². The largest absolute Gasteiger partial charge is 0.315 e. The van der Waals surface area contributed by atoms with E-state index in [0.717, 1.165) is 12.3 Å². The Bertz CT molecular complexity index is 240. The van der Waals surface area contributed by atoms with Crippen LogP contribution in [-0.4, -0.2) is 45.0 Å². The van der Waals surface area contributed by atoms with E-state index in [0.29, 0.717) is 24.6 Å². The molecule has 0 rings (SSSR count). The summed E-state index contributed by atoms with van der Waals surface area (Å²) in [7, 11) is -2.81. The van der Waals surface area contributed by atoms with Crippen molar-refractivity contribution in [1.29, 1.82) is 0 Å². The molecule has 0 fully saturated rings. The van der Waals surface area contributed by atoms with Crippen LogP contribution in [0.5, 0.6) is 0 Å². The summed E-state index contributed by atoms with van der Waals surface area (Å²) in [6, 6.07) is 0. The Morgan fingerprint density at radius 2 is 2.00 bits per heavy atom. The zero-order valence-corrected chi connectivity index (χ0v) is 11.6. The lowest BCUT2D eigenvalue weighted by molar-refractivity contribution is 0.562. The van der Waals surface area contributed by atoms with Crippen LogP contribution >= 0.6 is 11.8 Å². The molecule has 0 spiro atoms. The molecule has 0 aliphatic carbocycles. The van der Waals surface area contributed by atoms with Crippen molar-refractivity contribution in [2.45, 2.75) is 20.3 Å². The fourth-order valence-electron chi connectivity index (χ4n) is 1.33. The molecule has 1 atom stereocenters. The fourth-order valence-corrected chi connectivity index (χ4v) is 3.30. The number of nitrogens with one attached hydrogen (secondary N) is 1. The number of thioether (sulfide) groups is 1. The molecule has 0 aliphatic heterocycles. The van der Waals surface area contributed by atoms with Gasteiger partial charge in [-0.3, -0.25) is 0 Å². The Morgan fingerprint density at radius 1 is 1.33 bits per heavy atom. The molecule has 1 unspecified atom stereocenters. The Hall–Kier alpha value is 0.260. The zero-order chi connectivity index (χ0) is 11.7. The van der Waals surface area contributed by atoms with Gasteiger partial charge in [0.2, 0.25) is 0 Å². The maximum atomic E-state index is 11.4. The highest BCUT2D eigenvalue weighted by molar-refractivity contribution is 7.98. The summed E-state index contributed by atoms with van der Waals surface area (Å²) in [5.41, 5.74) is 0. The van der Waals surface area contributed by atoms with E-state index in [4.69, 9.17) is 0 Å². The topological polar surface area (TPSA) is 46.2 Å². The zero-order valence-electron chi connectivity index (χ0n) is 9.95. The normalized spacial score (nSPS) is 14.1. The van der Waals surface area contributed by atoms with Gasteiger partial charge in [0.25, 0.3) is 0 Å². The molecule has 0 aromatic heterocycles. The van der Waals surface area contributed by atoms with Gasteiger partial charge in [-0.25, -0.2) is 8.42 Å². The van der Waals surface area contributed by atoms with Crippen molar-refractivity contribution in [2.24, 2.45) is 5.92 Å². The van der Waals surface area contributed by atoms with E-state index in [9.17, 15) is 8.42 Å². The van der Waals surface area contributed by atoms with Crippen molar-refractivity contribution in [1.82, 2.24) is 5.32 Å². The SMILES string of the molecule is CCCS(=O)(=O)CCNCC(C)CSC. The molecule has 15 heavy (non-hydrogen) atoms. The summed E-state index contributed by atoms with van der Waals surface area (Å²) in [6.07, 6.45) is 2.80. The number of sulfone groups is 1. The lowest BCUT2D eigenvalue weighted by Gasteiger charge is -2.10. The quantitative estimate of drug-likeness (QED) is 0.631. The van der Waals surface area contributed by atoms with Crippen LogP contribution < -0.4 is 5.32 Å². The number of rotatable bonds is 9. The summed E-state index contributed by atoms with van der Waals surface area (Å²) >= 11 is 1.82. The standard InChI is InChI=1S/C10H23NO2S2/c1-4-6-15(12,13)7-5-11-8-10(2)9-14-3/h10-11H,4-9H2,1-3H3. The van der Waals surface area contributed by atoms with Crippen LogP contribution in [0.15, 0.2) is 0 Å². The van der Waals surface area contributed by atoms with Crippen LogP contribution in [0.4, 0.5) is 0 Å². The van der Waals surface area contributed by atoms with Gasteiger partial charge in [0, 0.05) is 12.3 Å². The van der Waals surface area contributed by atoms with E-state index in [1.807, 2.05) is 18.7 Å². The Kier molecular flexibility index (Phi) is 8.56. The Labute approximate surface area is 98.3 Å². The highest BCUT2D eigenvalue weighted by atomic mass is 32.2. The van der Waals surface area contributed by atoms with Gasteiger partial charge < -0.3 is 5.32 Å². The van der Waals surface area contributed by atoms with Crippen LogP contribution in [0.1, 0.15) is 20.3 Å². The minimum absolute atomic E-state index is 0.271. The van der Waals surface area contributed by atoms with Gasteiger partial charge in [-0.1, -0.05) is 13.8 Å².